The van der Waals surface area contributed by atoms with Crippen LogP contribution < -0.4 is 9.47 Å². The van der Waals surface area contributed by atoms with Crippen molar-refractivity contribution >= 4 is 35.2 Å². The van der Waals surface area contributed by atoms with Crippen LogP contribution in [0.4, 0.5) is 0 Å². The lowest BCUT2D eigenvalue weighted by atomic mass is 10.1. The zero-order chi connectivity index (χ0) is 15.6. The summed E-state index contributed by atoms with van der Waals surface area (Å²) in [5, 5.41) is 9.37. The minimum Gasteiger partial charge on any atom is -0.493 e. The molecular formula is C13H14ClNO5S. The first-order valence-electron chi connectivity index (χ1n) is 6.02. The zero-order valence-electron chi connectivity index (χ0n) is 11.5. The van der Waals surface area contributed by atoms with Gasteiger partial charge in [-0.1, -0.05) is 11.6 Å². The Labute approximate surface area is 131 Å². The molecule has 0 aromatic heterocycles. The topological polar surface area (TPSA) is 76.1 Å². The van der Waals surface area contributed by atoms with Crippen molar-refractivity contribution in [3.63, 3.8) is 0 Å². The van der Waals surface area contributed by atoms with Crippen LogP contribution in [-0.2, 0) is 4.79 Å². The van der Waals surface area contributed by atoms with Crippen LogP contribution in [0, 0.1) is 0 Å². The smallest absolute Gasteiger partial charge is 0.327 e. The van der Waals surface area contributed by atoms with Crippen molar-refractivity contribution in [2.45, 2.75) is 6.04 Å². The van der Waals surface area contributed by atoms with Crippen LogP contribution in [0.25, 0.3) is 0 Å². The molecule has 1 saturated heterocycles. The van der Waals surface area contributed by atoms with E-state index < -0.39 is 17.9 Å². The maximum atomic E-state index is 12.5. The van der Waals surface area contributed by atoms with E-state index in [1.807, 2.05) is 0 Å². The van der Waals surface area contributed by atoms with Gasteiger partial charge in [-0.25, -0.2) is 4.79 Å². The molecule has 2 rings (SSSR count). The molecular weight excluding hydrogens is 318 g/mol. The van der Waals surface area contributed by atoms with Crippen LogP contribution in [0.1, 0.15) is 10.4 Å². The van der Waals surface area contributed by atoms with Gasteiger partial charge in [0.15, 0.2) is 11.5 Å². The number of thioether (sulfide) groups is 1. The standard InChI is InChI=1S/C13H14ClNO5S/c1-19-10-4-7(3-8(14)11(10)20-2)12(16)15-6-21-5-9(15)13(17)18/h3-4,9H,5-6H2,1-2H3,(H,17,18). The van der Waals surface area contributed by atoms with Gasteiger partial charge in [0.2, 0.25) is 0 Å². The lowest BCUT2D eigenvalue weighted by Crippen LogP contribution is -2.41. The number of ether oxygens (including phenoxy) is 2. The first kappa shape index (κ1) is 15.8. The summed E-state index contributed by atoms with van der Waals surface area (Å²) < 4.78 is 10.2. The van der Waals surface area contributed by atoms with E-state index in [9.17, 15) is 9.59 Å². The number of carboxylic acid groups (broad SMARTS) is 1. The number of nitrogens with zero attached hydrogens (tertiary/aromatic N) is 1. The van der Waals surface area contributed by atoms with Gasteiger partial charge in [-0.05, 0) is 12.1 Å². The highest BCUT2D eigenvalue weighted by atomic mass is 35.5. The molecule has 114 valence electrons. The lowest BCUT2D eigenvalue weighted by molar-refractivity contribution is -0.140. The number of benzene rings is 1. The Morgan fingerprint density at radius 3 is 2.67 bits per heavy atom. The molecule has 1 fully saturated rings. The van der Waals surface area contributed by atoms with Gasteiger partial charge in [-0.15, -0.1) is 11.8 Å². The second-order valence-corrected chi connectivity index (χ2v) is 5.73. The van der Waals surface area contributed by atoms with E-state index in [1.165, 1.54) is 43.0 Å². The molecule has 0 saturated carbocycles. The Hall–Kier alpha value is -1.60. The van der Waals surface area contributed by atoms with E-state index in [0.717, 1.165) is 0 Å². The zero-order valence-corrected chi connectivity index (χ0v) is 13.0. The number of hydrogen-bond acceptors (Lipinski definition) is 5. The predicted molar refractivity (Wildman–Crippen MR) is 79.5 cm³/mol. The minimum absolute atomic E-state index is 0.235. The molecule has 0 bridgehead atoms. The molecule has 1 heterocycles. The fourth-order valence-corrected chi connectivity index (χ4v) is 3.49. The van der Waals surface area contributed by atoms with Gasteiger partial charge in [-0.2, -0.15) is 0 Å². The molecule has 0 radical (unpaired) electrons. The number of halogens is 1. The van der Waals surface area contributed by atoms with Crippen LogP contribution in [0.2, 0.25) is 5.02 Å². The highest BCUT2D eigenvalue weighted by Gasteiger charge is 2.35. The maximum absolute atomic E-state index is 12.5. The predicted octanol–water partition coefficient (Wildman–Crippen LogP) is 1.96. The summed E-state index contributed by atoms with van der Waals surface area (Å²) in [7, 11) is 2.89. The summed E-state index contributed by atoms with van der Waals surface area (Å²) in [4.78, 5) is 24.9. The van der Waals surface area contributed by atoms with E-state index in [4.69, 9.17) is 26.2 Å². The van der Waals surface area contributed by atoms with Gasteiger partial charge in [0.05, 0.1) is 25.1 Å². The number of carboxylic acids is 1. The Bertz CT molecular complexity index is 580. The largest absolute Gasteiger partial charge is 0.493 e. The molecule has 1 aromatic carbocycles. The number of aliphatic carboxylic acids is 1. The Kier molecular flexibility index (Phi) is 4.84. The fourth-order valence-electron chi connectivity index (χ4n) is 2.05. The first-order valence-corrected chi connectivity index (χ1v) is 7.56. The third-order valence-electron chi connectivity index (χ3n) is 3.11. The molecule has 1 amide bonds. The van der Waals surface area contributed by atoms with Gasteiger partial charge >= 0.3 is 5.97 Å². The molecule has 1 atom stereocenters. The summed E-state index contributed by atoms with van der Waals surface area (Å²) in [6.45, 7) is 0. The van der Waals surface area contributed by atoms with E-state index >= 15 is 0 Å². The van der Waals surface area contributed by atoms with Crippen LogP contribution in [0.3, 0.4) is 0 Å². The van der Waals surface area contributed by atoms with Crippen LogP contribution in [-0.4, -0.2) is 53.8 Å². The van der Waals surface area contributed by atoms with Crippen molar-refractivity contribution in [3.05, 3.63) is 22.7 Å². The minimum atomic E-state index is -1.01. The highest BCUT2D eigenvalue weighted by Crippen LogP contribution is 2.37. The Morgan fingerprint density at radius 1 is 1.38 bits per heavy atom. The molecule has 1 N–H and O–H groups in total. The quantitative estimate of drug-likeness (QED) is 0.909. The molecule has 1 unspecified atom stereocenters. The van der Waals surface area contributed by atoms with Crippen LogP contribution in [0.15, 0.2) is 12.1 Å². The average Bonchev–Trinajstić information content (AvgIpc) is 2.95. The van der Waals surface area contributed by atoms with Crippen molar-refractivity contribution in [2.75, 3.05) is 25.8 Å². The SMILES string of the molecule is COc1cc(C(=O)N2CSCC2C(=O)O)cc(Cl)c1OC. The van der Waals surface area contributed by atoms with Crippen molar-refractivity contribution < 1.29 is 24.2 Å². The molecule has 6 nitrogen and oxygen atoms in total. The number of hydrogen-bond donors (Lipinski definition) is 1. The van der Waals surface area contributed by atoms with E-state index in [0.29, 0.717) is 23.1 Å². The molecule has 1 aliphatic heterocycles. The lowest BCUT2D eigenvalue weighted by Gasteiger charge is -2.21. The van der Waals surface area contributed by atoms with E-state index in [2.05, 4.69) is 0 Å². The molecule has 0 aliphatic carbocycles. The second kappa shape index (κ2) is 6.44. The Balaban J connectivity index is 2.35. The molecule has 0 spiro atoms. The summed E-state index contributed by atoms with van der Waals surface area (Å²) in [5.74, 6) is -0.0346. The number of carbonyl (C=O) groups excluding carboxylic acids is 1. The van der Waals surface area contributed by atoms with Gasteiger partial charge in [0.1, 0.15) is 6.04 Å². The van der Waals surface area contributed by atoms with Crippen molar-refractivity contribution in [3.8, 4) is 11.5 Å². The number of rotatable bonds is 4. The molecule has 21 heavy (non-hydrogen) atoms. The van der Waals surface area contributed by atoms with Gasteiger partial charge < -0.3 is 19.5 Å². The number of carbonyl (C=O) groups is 2. The van der Waals surface area contributed by atoms with Gasteiger partial charge in [0.25, 0.3) is 5.91 Å². The van der Waals surface area contributed by atoms with Crippen molar-refractivity contribution in [2.24, 2.45) is 0 Å². The van der Waals surface area contributed by atoms with Crippen LogP contribution in [0.5, 0.6) is 11.5 Å². The molecule has 8 heteroatoms. The Morgan fingerprint density at radius 2 is 2.10 bits per heavy atom. The van der Waals surface area contributed by atoms with Gasteiger partial charge in [-0.3, -0.25) is 4.79 Å². The van der Waals surface area contributed by atoms with Crippen molar-refractivity contribution in [1.29, 1.82) is 0 Å². The number of amides is 1. The van der Waals surface area contributed by atoms with Crippen LogP contribution >= 0.6 is 23.4 Å². The molecule has 1 aliphatic rings. The highest BCUT2D eigenvalue weighted by molar-refractivity contribution is 7.99. The average molecular weight is 332 g/mol. The third kappa shape index (κ3) is 3.03. The fraction of sp³-hybridized carbons (Fsp3) is 0.385. The first-order chi connectivity index (χ1) is 9.99. The van der Waals surface area contributed by atoms with Gasteiger partial charge in [0, 0.05) is 11.3 Å². The maximum Gasteiger partial charge on any atom is 0.327 e. The van der Waals surface area contributed by atoms with E-state index in [-0.39, 0.29) is 10.6 Å². The second-order valence-electron chi connectivity index (χ2n) is 4.32. The summed E-state index contributed by atoms with van der Waals surface area (Å²) in [6, 6.07) is 2.12. The van der Waals surface area contributed by atoms with E-state index in [1.54, 1.807) is 0 Å². The van der Waals surface area contributed by atoms with Crippen molar-refractivity contribution in [1.82, 2.24) is 4.90 Å². The molecule has 1 aromatic rings. The number of methoxy groups -OCH3 is 2. The third-order valence-corrected chi connectivity index (χ3v) is 4.40. The monoisotopic (exact) mass is 331 g/mol. The summed E-state index contributed by atoms with van der Waals surface area (Å²) in [6.07, 6.45) is 0. The summed E-state index contributed by atoms with van der Waals surface area (Å²) >= 11 is 7.46. The summed E-state index contributed by atoms with van der Waals surface area (Å²) in [5.41, 5.74) is 0.270. The normalized spacial score (nSPS) is 17.7.